The Hall–Kier alpha value is -2.58. The predicted molar refractivity (Wildman–Crippen MR) is 88.2 cm³/mol. The van der Waals surface area contributed by atoms with Crippen LogP contribution >= 0.6 is 0 Å². The van der Waals surface area contributed by atoms with Gasteiger partial charge in [-0.1, -0.05) is 45.0 Å². The van der Waals surface area contributed by atoms with Crippen molar-refractivity contribution in [1.82, 2.24) is 0 Å². The maximum Gasteiger partial charge on any atom is 0.0991 e. The first-order valence-electron chi connectivity index (χ1n) is 7.59. The largest absolute Gasteiger partial charge is 0.192 e. The molecule has 0 aliphatic rings. The van der Waals surface area contributed by atoms with Gasteiger partial charge in [0.2, 0.25) is 0 Å². The zero-order valence-electron chi connectivity index (χ0n) is 13.3. The minimum atomic E-state index is -0.109. The van der Waals surface area contributed by atoms with E-state index in [1.807, 2.05) is 24.3 Å². The van der Waals surface area contributed by atoms with E-state index in [9.17, 15) is 0 Å². The Kier molecular flexibility index (Phi) is 4.64. The summed E-state index contributed by atoms with van der Waals surface area (Å²) in [6, 6.07) is 20.1. The fraction of sp³-hybridized carbons (Fsp3) is 0.300. The Morgan fingerprint density at radius 2 is 1.18 bits per heavy atom. The minimum absolute atomic E-state index is 0.109. The van der Waals surface area contributed by atoms with Crippen LogP contribution in [-0.2, 0) is 5.41 Å². The van der Waals surface area contributed by atoms with Crippen LogP contribution in [0.15, 0.2) is 48.5 Å². The molecule has 22 heavy (non-hydrogen) atoms. The van der Waals surface area contributed by atoms with Crippen LogP contribution < -0.4 is 0 Å². The molecular formula is C20H20N2. The lowest BCUT2D eigenvalue weighted by Gasteiger charge is -2.38. The fourth-order valence-electron chi connectivity index (χ4n) is 3.33. The molecule has 0 aromatic heterocycles. The molecule has 0 saturated heterocycles. The van der Waals surface area contributed by atoms with Crippen molar-refractivity contribution < 1.29 is 0 Å². The highest BCUT2D eigenvalue weighted by Crippen LogP contribution is 2.42. The monoisotopic (exact) mass is 288 g/mol. The molecule has 0 saturated carbocycles. The van der Waals surface area contributed by atoms with Gasteiger partial charge in [-0.05, 0) is 47.7 Å². The average molecular weight is 288 g/mol. The minimum Gasteiger partial charge on any atom is -0.192 e. The van der Waals surface area contributed by atoms with Crippen LogP contribution in [-0.4, -0.2) is 0 Å². The van der Waals surface area contributed by atoms with Crippen molar-refractivity contribution in [2.24, 2.45) is 5.92 Å². The molecule has 0 aliphatic heterocycles. The number of rotatable bonds is 4. The number of hydrogen-bond acceptors (Lipinski definition) is 2. The molecule has 0 atom stereocenters. The van der Waals surface area contributed by atoms with Crippen molar-refractivity contribution in [2.45, 2.75) is 32.6 Å². The lowest BCUT2D eigenvalue weighted by atomic mass is 9.65. The van der Waals surface area contributed by atoms with Crippen LogP contribution in [0.25, 0.3) is 0 Å². The van der Waals surface area contributed by atoms with Crippen LogP contribution in [0, 0.1) is 28.6 Å². The molecule has 0 fully saturated rings. The molecule has 0 amide bonds. The Morgan fingerprint density at radius 1 is 0.818 bits per heavy atom. The van der Waals surface area contributed by atoms with E-state index in [-0.39, 0.29) is 5.41 Å². The molecule has 0 aliphatic carbocycles. The van der Waals surface area contributed by atoms with Gasteiger partial charge in [-0.25, -0.2) is 0 Å². The number of nitrogens with zero attached hydrogens (tertiary/aromatic N) is 2. The van der Waals surface area contributed by atoms with E-state index in [0.29, 0.717) is 17.0 Å². The molecule has 0 unspecified atom stereocenters. The van der Waals surface area contributed by atoms with Crippen molar-refractivity contribution in [3.8, 4) is 12.1 Å². The highest BCUT2D eigenvalue weighted by molar-refractivity contribution is 5.45. The molecule has 0 bridgehead atoms. The highest BCUT2D eigenvalue weighted by atomic mass is 14.4. The Morgan fingerprint density at radius 3 is 1.41 bits per heavy atom. The zero-order chi connectivity index (χ0) is 16.2. The smallest absolute Gasteiger partial charge is 0.0991 e. The van der Waals surface area contributed by atoms with Crippen molar-refractivity contribution in [3.63, 3.8) is 0 Å². The second-order valence-corrected chi connectivity index (χ2v) is 5.86. The van der Waals surface area contributed by atoms with Crippen LogP contribution in [0.2, 0.25) is 0 Å². The first-order valence-corrected chi connectivity index (χ1v) is 7.59. The molecule has 110 valence electrons. The standard InChI is InChI=1S/C20H20N2/c1-4-20(15(2)3,18-9-5-16(13-21)6-10-18)19-11-7-17(14-22)8-12-19/h5-12,15H,4H2,1-3H3. The van der Waals surface area contributed by atoms with E-state index in [0.717, 1.165) is 6.42 Å². The summed E-state index contributed by atoms with van der Waals surface area (Å²) in [6.07, 6.45) is 0.961. The maximum absolute atomic E-state index is 8.99. The topological polar surface area (TPSA) is 47.6 Å². The van der Waals surface area contributed by atoms with Gasteiger partial charge in [-0.15, -0.1) is 0 Å². The van der Waals surface area contributed by atoms with Gasteiger partial charge in [0.1, 0.15) is 0 Å². The third kappa shape index (κ3) is 2.61. The Bertz CT molecular complexity index is 653. The van der Waals surface area contributed by atoms with Gasteiger partial charge in [0.25, 0.3) is 0 Å². The summed E-state index contributed by atoms with van der Waals surface area (Å²) in [7, 11) is 0. The maximum atomic E-state index is 8.99. The molecule has 2 aromatic carbocycles. The first kappa shape index (κ1) is 15.8. The SMILES string of the molecule is CCC(c1ccc(C#N)cc1)(c1ccc(C#N)cc1)C(C)C. The summed E-state index contributed by atoms with van der Waals surface area (Å²) >= 11 is 0. The number of nitriles is 2. The van der Waals surface area contributed by atoms with Crippen molar-refractivity contribution >= 4 is 0 Å². The number of benzene rings is 2. The van der Waals surface area contributed by atoms with Crippen molar-refractivity contribution in [3.05, 3.63) is 70.8 Å². The molecule has 2 aromatic rings. The third-order valence-corrected chi connectivity index (χ3v) is 4.60. The second kappa shape index (κ2) is 6.46. The van der Waals surface area contributed by atoms with Crippen LogP contribution in [0.1, 0.15) is 49.4 Å². The molecular weight excluding hydrogens is 268 g/mol. The van der Waals surface area contributed by atoms with Gasteiger partial charge in [0.15, 0.2) is 0 Å². The number of hydrogen-bond donors (Lipinski definition) is 0. The van der Waals surface area contributed by atoms with Gasteiger partial charge < -0.3 is 0 Å². The van der Waals surface area contributed by atoms with Gasteiger partial charge in [-0.2, -0.15) is 10.5 Å². The van der Waals surface area contributed by atoms with E-state index in [4.69, 9.17) is 10.5 Å². The third-order valence-electron chi connectivity index (χ3n) is 4.60. The first-order chi connectivity index (χ1) is 10.6. The zero-order valence-corrected chi connectivity index (χ0v) is 13.3. The normalized spacial score (nSPS) is 11.0. The molecule has 0 spiro atoms. The summed E-state index contributed by atoms with van der Waals surface area (Å²) in [4.78, 5) is 0. The highest BCUT2D eigenvalue weighted by Gasteiger charge is 2.35. The molecule has 2 rings (SSSR count). The summed E-state index contributed by atoms with van der Waals surface area (Å²) < 4.78 is 0. The molecule has 0 radical (unpaired) electrons. The molecule has 0 heterocycles. The summed E-state index contributed by atoms with van der Waals surface area (Å²) in [5.41, 5.74) is 3.68. The van der Waals surface area contributed by atoms with E-state index >= 15 is 0 Å². The molecule has 0 N–H and O–H groups in total. The van der Waals surface area contributed by atoms with Crippen LogP contribution in [0.4, 0.5) is 0 Å². The lowest BCUT2D eigenvalue weighted by molar-refractivity contribution is 0.358. The van der Waals surface area contributed by atoms with Gasteiger partial charge in [0.05, 0.1) is 23.3 Å². The van der Waals surface area contributed by atoms with Crippen LogP contribution in [0.5, 0.6) is 0 Å². The Labute approximate surface area is 132 Å². The lowest BCUT2D eigenvalue weighted by Crippen LogP contribution is -2.33. The van der Waals surface area contributed by atoms with E-state index < -0.39 is 0 Å². The van der Waals surface area contributed by atoms with Crippen molar-refractivity contribution in [2.75, 3.05) is 0 Å². The second-order valence-electron chi connectivity index (χ2n) is 5.86. The van der Waals surface area contributed by atoms with Crippen molar-refractivity contribution in [1.29, 1.82) is 10.5 Å². The van der Waals surface area contributed by atoms with E-state index in [1.54, 1.807) is 0 Å². The van der Waals surface area contributed by atoms with Crippen LogP contribution in [0.3, 0.4) is 0 Å². The molecule has 2 nitrogen and oxygen atoms in total. The summed E-state index contributed by atoms with van der Waals surface area (Å²) in [6.45, 7) is 6.64. The predicted octanol–water partition coefficient (Wildman–Crippen LogP) is 4.78. The average Bonchev–Trinajstić information content (AvgIpc) is 2.57. The quantitative estimate of drug-likeness (QED) is 0.812. The van der Waals surface area contributed by atoms with Gasteiger partial charge in [0, 0.05) is 5.41 Å². The Balaban J connectivity index is 2.60. The van der Waals surface area contributed by atoms with Gasteiger partial charge >= 0.3 is 0 Å². The van der Waals surface area contributed by atoms with Gasteiger partial charge in [-0.3, -0.25) is 0 Å². The summed E-state index contributed by atoms with van der Waals surface area (Å²) in [5.74, 6) is 0.401. The fourth-order valence-corrected chi connectivity index (χ4v) is 3.33. The van der Waals surface area contributed by atoms with E-state index in [2.05, 4.69) is 57.2 Å². The molecule has 2 heteroatoms. The summed E-state index contributed by atoms with van der Waals surface area (Å²) in [5, 5.41) is 18.0. The van der Waals surface area contributed by atoms with E-state index in [1.165, 1.54) is 11.1 Å².